The Morgan fingerprint density at radius 2 is 1.91 bits per heavy atom. The molecule has 0 saturated heterocycles. The largest absolute Gasteiger partial charge is 0.397 e. The first-order valence-corrected chi connectivity index (χ1v) is 5.77. The molecule has 0 amide bonds. The normalized spacial score (nSPS) is 10.4. The van der Waals surface area contributed by atoms with E-state index in [1.807, 2.05) is 0 Å². The van der Waals surface area contributed by atoms with E-state index >= 15 is 0 Å². The third kappa shape index (κ3) is 25.5. The predicted molar refractivity (Wildman–Crippen MR) is 53.5 cm³/mol. The molecule has 0 aromatic rings. The van der Waals surface area contributed by atoms with Crippen LogP contribution in [0.1, 0.15) is 13.3 Å². The molecule has 0 aliphatic heterocycles. The summed E-state index contributed by atoms with van der Waals surface area (Å²) in [7, 11) is 4.37. The van der Waals surface area contributed by atoms with Crippen molar-refractivity contribution in [3.63, 3.8) is 0 Å². The minimum absolute atomic E-state index is 0.0884. The standard InChI is InChI=1S/C5H16N2Si.C2H6O/c1-7(2)8-5-3-4-6;1-2-3/h3-6,8H2,1-2H3;3H,2H2,1H3. The molecule has 0 saturated carbocycles. The second-order valence-corrected chi connectivity index (χ2v) is 5.03. The van der Waals surface area contributed by atoms with Crippen LogP contribution in [-0.2, 0) is 0 Å². The van der Waals surface area contributed by atoms with Crippen LogP contribution in [0.25, 0.3) is 0 Å². The molecule has 0 heterocycles. The maximum Gasteiger partial charge on any atom is 0.0944 e. The summed E-state index contributed by atoms with van der Waals surface area (Å²) in [5, 5.41) is 7.57. The van der Waals surface area contributed by atoms with Gasteiger partial charge in [0.25, 0.3) is 0 Å². The zero-order chi connectivity index (χ0) is 9.11. The highest BCUT2D eigenvalue weighted by molar-refractivity contribution is 6.31. The molecule has 0 aromatic carbocycles. The smallest absolute Gasteiger partial charge is 0.0944 e. The Morgan fingerprint density at radius 3 is 2.18 bits per heavy atom. The van der Waals surface area contributed by atoms with E-state index in [0.717, 1.165) is 6.54 Å². The summed E-state index contributed by atoms with van der Waals surface area (Å²) >= 11 is 0. The number of hydrogen-bond acceptors (Lipinski definition) is 3. The van der Waals surface area contributed by atoms with Gasteiger partial charge in [-0.2, -0.15) is 0 Å². The molecule has 3 nitrogen and oxygen atoms in total. The van der Waals surface area contributed by atoms with Gasteiger partial charge < -0.3 is 15.4 Å². The fourth-order valence-electron chi connectivity index (χ4n) is 0.572. The molecule has 70 valence electrons. The van der Waals surface area contributed by atoms with E-state index in [1.165, 1.54) is 12.5 Å². The summed E-state index contributed by atoms with van der Waals surface area (Å²) in [6.07, 6.45) is 1.21. The summed E-state index contributed by atoms with van der Waals surface area (Å²) in [5.74, 6) is 0. The Kier molecular flexibility index (Phi) is 15.8. The van der Waals surface area contributed by atoms with Crippen LogP contribution in [0, 0.1) is 0 Å². The average molecular weight is 178 g/mol. The molecule has 0 aromatic heterocycles. The summed E-state index contributed by atoms with van der Waals surface area (Å²) in [4.78, 5) is 0. The Morgan fingerprint density at radius 1 is 1.45 bits per heavy atom. The molecule has 0 aliphatic carbocycles. The van der Waals surface area contributed by atoms with Gasteiger partial charge in [-0.05, 0) is 40.0 Å². The molecule has 3 N–H and O–H groups in total. The van der Waals surface area contributed by atoms with Crippen molar-refractivity contribution >= 4 is 9.68 Å². The third-order valence-corrected chi connectivity index (χ3v) is 2.77. The second kappa shape index (κ2) is 12.7. The van der Waals surface area contributed by atoms with Crippen LogP contribution in [0.3, 0.4) is 0 Å². The quantitative estimate of drug-likeness (QED) is 0.446. The van der Waals surface area contributed by atoms with Gasteiger partial charge >= 0.3 is 0 Å². The van der Waals surface area contributed by atoms with Crippen LogP contribution >= 0.6 is 0 Å². The maximum atomic E-state index is 7.57. The summed E-state index contributed by atoms with van der Waals surface area (Å²) in [6, 6.07) is 1.36. The van der Waals surface area contributed by atoms with E-state index in [0.29, 0.717) is 0 Å². The monoisotopic (exact) mass is 178 g/mol. The van der Waals surface area contributed by atoms with Crippen LogP contribution in [0.15, 0.2) is 0 Å². The molecular formula is C7H22N2OSi. The van der Waals surface area contributed by atoms with Crippen LogP contribution in [0.5, 0.6) is 0 Å². The highest BCUT2D eigenvalue weighted by Gasteiger charge is 1.88. The van der Waals surface area contributed by atoms with Crippen LogP contribution in [0.4, 0.5) is 0 Å². The Hall–Kier alpha value is 0.0969. The van der Waals surface area contributed by atoms with Crippen LogP contribution in [0.2, 0.25) is 6.04 Å². The molecule has 0 unspecified atom stereocenters. The first-order valence-electron chi connectivity index (χ1n) is 4.14. The van der Waals surface area contributed by atoms with Crippen molar-refractivity contribution in [1.82, 2.24) is 4.57 Å². The maximum absolute atomic E-state index is 7.57. The Balaban J connectivity index is 0. The first-order chi connectivity index (χ1) is 5.18. The number of nitrogens with zero attached hydrogens (tertiary/aromatic N) is 1. The summed E-state index contributed by atoms with van der Waals surface area (Å²) in [5.41, 5.74) is 5.32. The molecule has 0 spiro atoms. The summed E-state index contributed by atoms with van der Waals surface area (Å²) < 4.78 is 2.32. The van der Waals surface area contributed by atoms with Gasteiger partial charge in [0.1, 0.15) is 0 Å². The van der Waals surface area contributed by atoms with Crippen molar-refractivity contribution in [1.29, 1.82) is 0 Å². The SMILES string of the molecule is CCO.CN(C)[SiH2]CCCN. The van der Waals surface area contributed by atoms with E-state index in [2.05, 4.69) is 18.7 Å². The van der Waals surface area contributed by atoms with Gasteiger partial charge in [-0.1, -0.05) is 0 Å². The molecule has 11 heavy (non-hydrogen) atoms. The van der Waals surface area contributed by atoms with E-state index in [4.69, 9.17) is 10.8 Å². The number of aliphatic hydroxyl groups is 1. The van der Waals surface area contributed by atoms with Gasteiger partial charge in [-0.15, -0.1) is 0 Å². The Bertz CT molecular complexity index is 62.4. The lowest BCUT2D eigenvalue weighted by atomic mass is 10.5. The lowest BCUT2D eigenvalue weighted by molar-refractivity contribution is 0.318. The zero-order valence-corrected chi connectivity index (χ0v) is 9.42. The molecule has 0 atom stereocenters. The lowest BCUT2D eigenvalue weighted by Gasteiger charge is -2.05. The van der Waals surface area contributed by atoms with E-state index in [1.54, 1.807) is 6.92 Å². The lowest BCUT2D eigenvalue weighted by Crippen LogP contribution is -2.17. The van der Waals surface area contributed by atoms with Gasteiger partial charge in [0.05, 0.1) is 9.68 Å². The first kappa shape index (κ1) is 13.7. The highest BCUT2D eigenvalue weighted by Crippen LogP contribution is 1.85. The number of aliphatic hydroxyl groups excluding tert-OH is 1. The van der Waals surface area contributed by atoms with Crippen molar-refractivity contribution in [3.8, 4) is 0 Å². The van der Waals surface area contributed by atoms with E-state index in [9.17, 15) is 0 Å². The van der Waals surface area contributed by atoms with Gasteiger partial charge in [-0.25, -0.2) is 0 Å². The molecule has 0 fully saturated rings. The average Bonchev–Trinajstić information content (AvgIpc) is 1.89. The van der Waals surface area contributed by atoms with Crippen LogP contribution in [-0.4, -0.2) is 46.6 Å². The minimum atomic E-state index is 0.0884. The van der Waals surface area contributed by atoms with Gasteiger partial charge in [0, 0.05) is 6.61 Å². The summed E-state index contributed by atoms with van der Waals surface area (Å²) in [6.45, 7) is 2.79. The fraction of sp³-hybridized carbons (Fsp3) is 1.00. The van der Waals surface area contributed by atoms with Gasteiger partial charge in [-0.3, -0.25) is 0 Å². The second-order valence-electron chi connectivity index (χ2n) is 2.62. The molecule has 0 rings (SSSR count). The number of rotatable bonds is 4. The van der Waals surface area contributed by atoms with E-state index in [-0.39, 0.29) is 16.3 Å². The topological polar surface area (TPSA) is 49.5 Å². The Labute approximate surface area is 72.5 Å². The molecule has 0 radical (unpaired) electrons. The highest BCUT2D eigenvalue weighted by atomic mass is 28.2. The van der Waals surface area contributed by atoms with Crippen molar-refractivity contribution in [2.24, 2.45) is 5.73 Å². The molecule has 0 aliphatic rings. The third-order valence-electron chi connectivity index (χ3n) is 1.06. The number of nitrogens with two attached hydrogens (primary N) is 1. The number of hydrogen-bond donors (Lipinski definition) is 2. The molecule has 0 bridgehead atoms. The fourth-order valence-corrected chi connectivity index (χ4v) is 1.72. The van der Waals surface area contributed by atoms with Crippen LogP contribution < -0.4 is 5.73 Å². The van der Waals surface area contributed by atoms with Crippen molar-refractivity contribution in [2.45, 2.75) is 19.4 Å². The van der Waals surface area contributed by atoms with E-state index < -0.39 is 0 Å². The minimum Gasteiger partial charge on any atom is -0.397 e. The molecular weight excluding hydrogens is 156 g/mol. The van der Waals surface area contributed by atoms with Crippen molar-refractivity contribution < 1.29 is 5.11 Å². The van der Waals surface area contributed by atoms with Crippen molar-refractivity contribution in [2.75, 3.05) is 27.2 Å². The predicted octanol–water partition coefficient (Wildman–Crippen LogP) is -0.603. The molecule has 4 heteroatoms. The van der Waals surface area contributed by atoms with Crippen molar-refractivity contribution in [3.05, 3.63) is 0 Å². The zero-order valence-electron chi connectivity index (χ0n) is 8.01. The van der Waals surface area contributed by atoms with Gasteiger partial charge in [0.2, 0.25) is 0 Å². The van der Waals surface area contributed by atoms with Gasteiger partial charge in [0.15, 0.2) is 0 Å².